The fourth-order valence-corrected chi connectivity index (χ4v) is 2.86. The van der Waals surface area contributed by atoms with Gasteiger partial charge in [0.15, 0.2) is 0 Å². The molecule has 2 heterocycles. The number of carbonyl (C=O) groups excluding carboxylic acids is 1. The van der Waals surface area contributed by atoms with Crippen molar-refractivity contribution in [3.63, 3.8) is 0 Å². The predicted octanol–water partition coefficient (Wildman–Crippen LogP) is 1.43. The standard InChI is InChI=1S/C19H22FN3O3/c20-16-3-5-17(6-4-16)23-14-15(2-7-18(23)24)19(25)21-8-1-9-22-10-12-26-13-11-22/h2-7,14H,1,8-13H2,(H,21,25). The second kappa shape index (κ2) is 8.73. The van der Waals surface area contributed by atoms with Gasteiger partial charge in [-0.3, -0.25) is 19.1 Å². The lowest BCUT2D eigenvalue weighted by atomic mass is 10.2. The lowest BCUT2D eigenvalue weighted by molar-refractivity contribution is 0.0374. The van der Waals surface area contributed by atoms with Gasteiger partial charge in [-0.15, -0.1) is 0 Å². The summed E-state index contributed by atoms with van der Waals surface area (Å²) in [6, 6.07) is 8.40. The van der Waals surface area contributed by atoms with Gasteiger partial charge in [0, 0.05) is 37.6 Å². The van der Waals surface area contributed by atoms with Crippen LogP contribution in [-0.2, 0) is 4.74 Å². The summed E-state index contributed by atoms with van der Waals surface area (Å²) in [7, 11) is 0. The zero-order valence-electron chi connectivity index (χ0n) is 14.5. The number of nitrogens with one attached hydrogen (secondary N) is 1. The van der Waals surface area contributed by atoms with Crippen LogP contribution in [0.1, 0.15) is 16.8 Å². The Kier molecular flexibility index (Phi) is 6.14. The summed E-state index contributed by atoms with van der Waals surface area (Å²) in [5.74, 6) is -0.612. The molecule has 0 bridgehead atoms. The molecule has 2 aromatic rings. The third kappa shape index (κ3) is 4.77. The van der Waals surface area contributed by atoms with Gasteiger partial charge in [-0.2, -0.15) is 0 Å². The molecule has 3 rings (SSSR count). The molecule has 138 valence electrons. The Balaban J connectivity index is 1.58. The van der Waals surface area contributed by atoms with Crippen LogP contribution in [-0.4, -0.2) is 54.8 Å². The Labute approximate surface area is 151 Å². The maximum absolute atomic E-state index is 13.1. The highest BCUT2D eigenvalue weighted by Crippen LogP contribution is 2.08. The fourth-order valence-electron chi connectivity index (χ4n) is 2.86. The molecule has 6 nitrogen and oxygen atoms in total. The first-order chi connectivity index (χ1) is 12.6. The average molecular weight is 359 g/mol. The van der Waals surface area contributed by atoms with E-state index in [4.69, 9.17) is 4.74 Å². The maximum Gasteiger partial charge on any atom is 0.255 e. The molecule has 7 heteroatoms. The van der Waals surface area contributed by atoms with Crippen molar-refractivity contribution in [3.8, 4) is 5.69 Å². The number of carbonyl (C=O) groups is 1. The summed E-state index contributed by atoms with van der Waals surface area (Å²) in [6.45, 7) is 4.85. The van der Waals surface area contributed by atoms with E-state index in [9.17, 15) is 14.0 Å². The summed E-state index contributed by atoms with van der Waals surface area (Å²) in [6.07, 6.45) is 2.33. The third-order valence-corrected chi connectivity index (χ3v) is 4.32. The van der Waals surface area contributed by atoms with Crippen molar-refractivity contribution in [3.05, 3.63) is 64.3 Å². The van der Waals surface area contributed by atoms with Crippen molar-refractivity contribution >= 4 is 5.91 Å². The quantitative estimate of drug-likeness (QED) is 0.793. The molecule has 0 spiro atoms. The highest BCUT2D eigenvalue weighted by molar-refractivity contribution is 5.93. The van der Waals surface area contributed by atoms with Crippen LogP contribution in [0, 0.1) is 5.82 Å². The second-order valence-corrected chi connectivity index (χ2v) is 6.17. The minimum Gasteiger partial charge on any atom is -0.379 e. The van der Waals surface area contributed by atoms with Crippen molar-refractivity contribution in [2.45, 2.75) is 6.42 Å². The predicted molar refractivity (Wildman–Crippen MR) is 96.2 cm³/mol. The van der Waals surface area contributed by atoms with Gasteiger partial charge in [-0.25, -0.2) is 4.39 Å². The number of halogens is 1. The van der Waals surface area contributed by atoms with E-state index in [0.717, 1.165) is 39.3 Å². The SMILES string of the molecule is O=C(NCCCN1CCOCC1)c1ccc(=O)n(-c2ccc(F)cc2)c1. The molecule has 26 heavy (non-hydrogen) atoms. The van der Waals surface area contributed by atoms with Gasteiger partial charge < -0.3 is 10.1 Å². The van der Waals surface area contributed by atoms with Crippen LogP contribution >= 0.6 is 0 Å². The van der Waals surface area contributed by atoms with E-state index < -0.39 is 0 Å². The number of morpholine rings is 1. The number of aromatic nitrogens is 1. The van der Waals surface area contributed by atoms with Gasteiger partial charge in [0.25, 0.3) is 11.5 Å². The van der Waals surface area contributed by atoms with Crippen LogP contribution < -0.4 is 10.9 Å². The molecule has 1 N–H and O–H groups in total. The van der Waals surface area contributed by atoms with Gasteiger partial charge in [0.05, 0.1) is 18.8 Å². The molecule has 1 fully saturated rings. The largest absolute Gasteiger partial charge is 0.379 e. The van der Waals surface area contributed by atoms with Gasteiger partial charge in [0.2, 0.25) is 0 Å². The van der Waals surface area contributed by atoms with E-state index in [1.165, 1.54) is 47.2 Å². The van der Waals surface area contributed by atoms with E-state index >= 15 is 0 Å². The zero-order chi connectivity index (χ0) is 18.4. The Bertz CT molecular complexity index is 798. The van der Waals surface area contributed by atoms with Crippen molar-refractivity contribution in [2.24, 2.45) is 0 Å². The summed E-state index contributed by atoms with van der Waals surface area (Å²) in [4.78, 5) is 26.7. The highest BCUT2D eigenvalue weighted by atomic mass is 19.1. The number of benzene rings is 1. The lowest BCUT2D eigenvalue weighted by Crippen LogP contribution is -2.38. The number of hydrogen-bond acceptors (Lipinski definition) is 4. The van der Waals surface area contributed by atoms with E-state index in [-0.39, 0.29) is 17.3 Å². The first-order valence-corrected chi connectivity index (χ1v) is 8.70. The van der Waals surface area contributed by atoms with E-state index in [2.05, 4.69) is 10.2 Å². The third-order valence-electron chi connectivity index (χ3n) is 4.32. The van der Waals surface area contributed by atoms with Crippen LogP contribution in [0.3, 0.4) is 0 Å². The second-order valence-electron chi connectivity index (χ2n) is 6.17. The van der Waals surface area contributed by atoms with Crippen molar-refractivity contribution in [1.82, 2.24) is 14.8 Å². The summed E-state index contributed by atoms with van der Waals surface area (Å²) in [5.41, 5.74) is 0.624. The van der Waals surface area contributed by atoms with E-state index in [1.807, 2.05) is 0 Å². The Hall–Kier alpha value is -2.51. The summed E-state index contributed by atoms with van der Waals surface area (Å²) in [5, 5.41) is 2.87. The summed E-state index contributed by atoms with van der Waals surface area (Å²) >= 11 is 0. The average Bonchev–Trinajstić information content (AvgIpc) is 2.67. The number of amides is 1. The molecule has 1 aliphatic heterocycles. The molecule has 1 aromatic carbocycles. The first kappa shape index (κ1) is 18.3. The number of rotatable bonds is 6. The smallest absolute Gasteiger partial charge is 0.255 e. The minimum absolute atomic E-state index is 0.233. The zero-order valence-corrected chi connectivity index (χ0v) is 14.5. The number of pyridine rings is 1. The molecule has 1 amide bonds. The molecule has 0 aliphatic carbocycles. The van der Waals surface area contributed by atoms with E-state index in [1.54, 1.807) is 0 Å². The molecule has 0 unspecified atom stereocenters. The molecule has 1 saturated heterocycles. The van der Waals surface area contributed by atoms with Crippen LogP contribution in [0.5, 0.6) is 0 Å². The monoisotopic (exact) mass is 359 g/mol. The van der Waals surface area contributed by atoms with Crippen molar-refractivity contribution in [2.75, 3.05) is 39.4 Å². The highest BCUT2D eigenvalue weighted by Gasteiger charge is 2.11. The number of hydrogen-bond donors (Lipinski definition) is 1. The first-order valence-electron chi connectivity index (χ1n) is 8.70. The van der Waals surface area contributed by atoms with Gasteiger partial charge in [-0.1, -0.05) is 0 Å². The van der Waals surface area contributed by atoms with Crippen LogP contribution in [0.2, 0.25) is 0 Å². The molecule has 1 aliphatic rings. The fraction of sp³-hybridized carbons (Fsp3) is 0.368. The van der Waals surface area contributed by atoms with Crippen LogP contribution in [0.4, 0.5) is 4.39 Å². The van der Waals surface area contributed by atoms with Crippen molar-refractivity contribution < 1.29 is 13.9 Å². The van der Waals surface area contributed by atoms with Gasteiger partial charge in [0.1, 0.15) is 5.82 Å². The lowest BCUT2D eigenvalue weighted by Gasteiger charge is -2.26. The molecule has 1 aromatic heterocycles. The van der Waals surface area contributed by atoms with Crippen LogP contribution in [0.15, 0.2) is 47.4 Å². The van der Waals surface area contributed by atoms with Crippen molar-refractivity contribution in [1.29, 1.82) is 0 Å². The Morgan fingerprint density at radius 1 is 1.12 bits per heavy atom. The molecular formula is C19H22FN3O3. The van der Waals surface area contributed by atoms with Gasteiger partial charge in [-0.05, 0) is 43.3 Å². The maximum atomic E-state index is 13.1. The Morgan fingerprint density at radius 2 is 1.85 bits per heavy atom. The van der Waals surface area contributed by atoms with Crippen LogP contribution in [0.25, 0.3) is 5.69 Å². The number of nitrogens with zero attached hydrogens (tertiary/aromatic N) is 2. The Morgan fingerprint density at radius 3 is 2.58 bits per heavy atom. The molecule has 0 atom stereocenters. The topological polar surface area (TPSA) is 63.6 Å². The van der Waals surface area contributed by atoms with E-state index in [0.29, 0.717) is 17.8 Å². The molecule has 0 radical (unpaired) electrons. The minimum atomic E-state index is -0.379. The van der Waals surface area contributed by atoms with Gasteiger partial charge >= 0.3 is 0 Å². The molecule has 0 saturated carbocycles. The summed E-state index contributed by atoms with van der Waals surface area (Å²) < 4.78 is 19.7. The number of ether oxygens (including phenoxy) is 1. The molecular weight excluding hydrogens is 337 g/mol. The normalized spacial score (nSPS) is 15.0.